The summed E-state index contributed by atoms with van der Waals surface area (Å²) < 4.78 is 20.7. The van der Waals surface area contributed by atoms with E-state index < -0.39 is 5.97 Å². The third kappa shape index (κ3) is 4.39. The van der Waals surface area contributed by atoms with Gasteiger partial charge in [0.05, 0.1) is 5.56 Å². The molecule has 2 nitrogen and oxygen atoms in total. The number of esters is 1. The van der Waals surface area contributed by atoms with E-state index in [0.717, 1.165) is 48.1 Å². The van der Waals surface area contributed by atoms with Gasteiger partial charge >= 0.3 is 5.97 Å². The molecule has 0 saturated heterocycles. The van der Waals surface area contributed by atoms with Crippen molar-refractivity contribution in [1.82, 2.24) is 0 Å². The van der Waals surface area contributed by atoms with Crippen molar-refractivity contribution in [2.75, 3.05) is 0 Å². The number of carbonyl (C=O) groups excluding carboxylic acids is 1. The van der Waals surface area contributed by atoms with Gasteiger partial charge in [-0.3, -0.25) is 0 Å². The molecule has 1 unspecified atom stereocenters. The molecule has 2 saturated carbocycles. The summed E-state index contributed by atoms with van der Waals surface area (Å²) in [4.78, 5) is 12.4. The second-order valence-corrected chi connectivity index (χ2v) is 9.82. The topological polar surface area (TPSA) is 26.3 Å². The maximum absolute atomic E-state index is 15.3. The second-order valence-electron chi connectivity index (χ2n) is 9.82. The molecule has 3 heteroatoms. The van der Waals surface area contributed by atoms with Crippen molar-refractivity contribution in [2.45, 2.75) is 103 Å². The summed E-state index contributed by atoms with van der Waals surface area (Å²) in [6, 6.07) is 3.94. The SMILES string of the molecule is CCCC1CCC(C2CCC(c3ccc4c(c3F)C(=O)OC(CC)C4)CC2)CC1. The molecule has 29 heavy (non-hydrogen) atoms. The minimum absolute atomic E-state index is 0.108. The van der Waals surface area contributed by atoms with E-state index in [1.165, 1.54) is 51.4 Å². The number of hydrogen-bond acceptors (Lipinski definition) is 2. The van der Waals surface area contributed by atoms with Crippen LogP contribution in [0.25, 0.3) is 0 Å². The van der Waals surface area contributed by atoms with E-state index >= 15 is 4.39 Å². The van der Waals surface area contributed by atoms with Crippen molar-refractivity contribution in [3.63, 3.8) is 0 Å². The molecule has 0 N–H and O–H groups in total. The van der Waals surface area contributed by atoms with Crippen LogP contribution in [0.1, 0.15) is 112 Å². The van der Waals surface area contributed by atoms with Crippen LogP contribution >= 0.6 is 0 Å². The summed E-state index contributed by atoms with van der Waals surface area (Å²) in [6.07, 6.45) is 14.2. The van der Waals surface area contributed by atoms with Crippen molar-refractivity contribution in [3.8, 4) is 0 Å². The van der Waals surface area contributed by atoms with Crippen LogP contribution in [0.5, 0.6) is 0 Å². The molecule has 2 aliphatic carbocycles. The molecule has 1 aromatic rings. The molecule has 160 valence electrons. The Morgan fingerprint density at radius 3 is 2.24 bits per heavy atom. The molecule has 0 spiro atoms. The highest BCUT2D eigenvalue weighted by molar-refractivity contribution is 5.92. The lowest BCUT2D eigenvalue weighted by Gasteiger charge is -2.38. The lowest BCUT2D eigenvalue weighted by molar-refractivity contribution is 0.0242. The summed E-state index contributed by atoms with van der Waals surface area (Å²) in [5, 5.41) is 0. The number of hydrogen-bond donors (Lipinski definition) is 0. The fraction of sp³-hybridized carbons (Fsp3) is 0.731. The van der Waals surface area contributed by atoms with Gasteiger partial charge in [0.1, 0.15) is 11.9 Å². The predicted molar refractivity (Wildman–Crippen MR) is 115 cm³/mol. The number of benzene rings is 1. The van der Waals surface area contributed by atoms with Crippen LogP contribution < -0.4 is 0 Å². The maximum Gasteiger partial charge on any atom is 0.341 e. The maximum atomic E-state index is 15.3. The van der Waals surface area contributed by atoms with E-state index in [-0.39, 0.29) is 23.4 Å². The Hall–Kier alpha value is -1.38. The summed E-state index contributed by atoms with van der Waals surface area (Å²) in [5.74, 6) is 2.16. The molecule has 1 heterocycles. The highest BCUT2D eigenvalue weighted by Gasteiger charge is 2.34. The van der Waals surface area contributed by atoms with Gasteiger partial charge in [-0.25, -0.2) is 9.18 Å². The van der Waals surface area contributed by atoms with Crippen molar-refractivity contribution in [3.05, 3.63) is 34.6 Å². The highest BCUT2D eigenvalue weighted by Crippen LogP contribution is 2.45. The Kier molecular flexibility index (Phi) is 6.61. The first-order valence-corrected chi connectivity index (χ1v) is 12.1. The van der Waals surface area contributed by atoms with Crippen LogP contribution in [0.2, 0.25) is 0 Å². The number of halogens is 1. The van der Waals surface area contributed by atoms with Crippen molar-refractivity contribution in [1.29, 1.82) is 0 Å². The molecule has 1 aliphatic heterocycles. The molecule has 1 atom stereocenters. The summed E-state index contributed by atoms with van der Waals surface area (Å²) in [6.45, 7) is 4.30. The first-order valence-electron chi connectivity index (χ1n) is 12.1. The van der Waals surface area contributed by atoms with Crippen LogP contribution in [0.4, 0.5) is 4.39 Å². The van der Waals surface area contributed by atoms with Gasteiger partial charge in [0.25, 0.3) is 0 Å². The normalized spacial score (nSPS) is 32.5. The molecule has 3 aliphatic rings. The van der Waals surface area contributed by atoms with Crippen LogP contribution in [0, 0.1) is 23.6 Å². The molecule has 0 bridgehead atoms. The van der Waals surface area contributed by atoms with Gasteiger partial charge < -0.3 is 4.74 Å². The minimum Gasteiger partial charge on any atom is -0.458 e. The zero-order chi connectivity index (χ0) is 20.4. The fourth-order valence-corrected chi connectivity index (χ4v) is 6.32. The first kappa shape index (κ1) is 20.9. The van der Waals surface area contributed by atoms with Gasteiger partial charge in [0.15, 0.2) is 0 Å². The monoisotopic (exact) mass is 400 g/mol. The van der Waals surface area contributed by atoms with Gasteiger partial charge in [-0.15, -0.1) is 0 Å². The van der Waals surface area contributed by atoms with Crippen LogP contribution in [-0.4, -0.2) is 12.1 Å². The van der Waals surface area contributed by atoms with Crippen molar-refractivity contribution in [2.24, 2.45) is 17.8 Å². The van der Waals surface area contributed by atoms with E-state index in [9.17, 15) is 4.79 Å². The minimum atomic E-state index is -0.463. The third-order valence-corrected chi connectivity index (χ3v) is 8.11. The average molecular weight is 401 g/mol. The third-order valence-electron chi connectivity index (χ3n) is 8.11. The predicted octanol–water partition coefficient (Wildman–Crippen LogP) is 7.20. The van der Waals surface area contributed by atoms with E-state index in [2.05, 4.69) is 6.92 Å². The Morgan fingerprint density at radius 2 is 1.62 bits per heavy atom. The fourth-order valence-electron chi connectivity index (χ4n) is 6.32. The first-order chi connectivity index (χ1) is 14.1. The van der Waals surface area contributed by atoms with E-state index in [0.29, 0.717) is 6.42 Å². The molecule has 2 fully saturated rings. The zero-order valence-electron chi connectivity index (χ0n) is 18.2. The summed E-state index contributed by atoms with van der Waals surface area (Å²) >= 11 is 0. The number of carbonyl (C=O) groups is 1. The summed E-state index contributed by atoms with van der Waals surface area (Å²) in [7, 11) is 0. The average Bonchev–Trinajstić information content (AvgIpc) is 2.74. The standard InChI is InChI=1S/C26H37FO2/c1-3-5-17-6-8-18(9-7-17)19-10-12-20(13-11-19)23-15-14-21-16-22(4-2)29-26(28)24(21)25(23)27/h14-15,17-20,22H,3-13,16H2,1-2H3. The summed E-state index contributed by atoms with van der Waals surface area (Å²) in [5.41, 5.74) is 1.79. The van der Waals surface area contributed by atoms with E-state index in [1.54, 1.807) is 0 Å². The number of rotatable bonds is 5. The van der Waals surface area contributed by atoms with Gasteiger partial charge in [-0.05, 0) is 79.7 Å². The zero-order valence-corrected chi connectivity index (χ0v) is 18.2. The lowest BCUT2D eigenvalue weighted by Crippen LogP contribution is -2.29. The molecule has 4 rings (SSSR count). The van der Waals surface area contributed by atoms with E-state index in [1.807, 2.05) is 19.1 Å². The molecular weight excluding hydrogens is 363 g/mol. The Labute approximate surface area is 175 Å². The molecule has 1 aromatic carbocycles. The van der Waals surface area contributed by atoms with Gasteiger partial charge in [0.2, 0.25) is 0 Å². The van der Waals surface area contributed by atoms with Crippen LogP contribution in [-0.2, 0) is 11.2 Å². The van der Waals surface area contributed by atoms with Crippen molar-refractivity contribution >= 4 is 5.97 Å². The van der Waals surface area contributed by atoms with Gasteiger partial charge in [0, 0.05) is 6.42 Å². The van der Waals surface area contributed by atoms with E-state index in [4.69, 9.17) is 4.74 Å². The van der Waals surface area contributed by atoms with Crippen molar-refractivity contribution < 1.29 is 13.9 Å². The number of fused-ring (bicyclic) bond motifs is 1. The quantitative estimate of drug-likeness (QED) is 0.489. The second kappa shape index (κ2) is 9.18. The van der Waals surface area contributed by atoms with Gasteiger partial charge in [-0.2, -0.15) is 0 Å². The smallest absolute Gasteiger partial charge is 0.341 e. The Morgan fingerprint density at radius 1 is 0.966 bits per heavy atom. The Balaban J connectivity index is 1.38. The Bertz CT molecular complexity index is 712. The molecule has 0 amide bonds. The van der Waals surface area contributed by atoms with Crippen LogP contribution in [0.3, 0.4) is 0 Å². The largest absolute Gasteiger partial charge is 0.458 e. The number of cyclic esters (lactones) is 1. The van der Waals surface area contributed by atoms with Gasteiger partial charge in [-0.1, -0.05) is 51.7 Å². The van der Waals surface area contributed by atoms with Crippen LogP contribution in [0.15, 0.2) is 12.1 Å². The number of ether oxygens (including phenoxy) is 1. The highest BCUT2D eigenvalue weighted by atomic mass is 19.1. The lowest BCUT2D eigenvalue weighted by atomic mass is 9.68. The molecular formula is C26H37FO2. The molecule has 0 aromatic heterocycles. The molecule has 0 radical (unpaired) electrons.